The first-order valence-electron chi connectivity index (χ1n) is 5.60. The summed E-state index contributed by atoms with van der Waals surface area (Å²) >= 11 is 5.87. The molecule has 0 heterocycles. The van der Waals surface area contributed by atoms with Gasteiger partial charge in [0.25, 0.3) is 0 Å². The molecule has 0 aromatic heterocycles. The molecule has 0 fully saturated rings. The number of ether oxygens (including phenoxy) is 2. The fraction of sp³-hybridized carbons (Fsp3) is 0.143. The van der Waals surface area contributed by atoms with Crippen LogP contribution in [-0.4, -0.2) is 7.11 Å². The number of nitrogens with two attached hydrogens (primary N) is 1. The van der Waals surface area contributed by atoms with E-state index < -0.39 is 5.82 Å². The van der Waals surface area contributed by atoms with Crippen LogP contribution in [0.3, 0.4) is 0 Å². The molecule has 0 unspecified atom stereocenters. The van der Waals surface area contributed by atoms with Crippen LogP contribution in [0.5, 0.6) is 11.5 Å². The lowest BCUT2D eigenvalue weighted by atomic mass is 10.2. The molecule has 19 heavy (non-hydrogen) atoms. The summed E-state index contributed by atoms with van der Waals surface area (Å²) in [6, 6.07) is 9.29. The molecule has 2 aromatic rings. The Hall–Kier alpha value is -1.94. The Kier molecular flexibility index (Phi) is 4.12. The van der Waals surface area contributed by atoms with E-state index in [1.165, 1.54) is 18.2 Å². The standard InChI is InChI=1S/C14H13ClFNO2/c1-18-12-5-9(4-11(17)7-12)8-19-14-3-2-10(16)6-13(14)15/h2-7H,8,17H2,1H3. The average molecular weight is 282 g/mol. The van der Waals surface area contributed by atoms with E-state index in [2.05, 4.69) is 0 Å². The molecule has 0 saturated heterocycles. The van der Waals surface area contributed by atoms with Crippen molar-refractivity contribution in [1.82, 2.24) is 0 Å². The molecule has 0 bridgehead atoms. The molecule has 0 aliphatic heterocycles. The van der Waals surface area contributed by atoms with Crippen LogP contribution in [0.25, 0.3) is 0 Å². The Morgan fingerprint density at radius 3 is 2.68 bits per heavy atom. The van der Waals surface area contributed by atoms with E-state index in [1.54, 1.807) is 19.2 Å². The van der Waals surface area contributed by atoms with Crippen molar-refractivity contribution in [2.75, 3.05) is 12.8 Å². The molecule has 5 heteroatoms. The lowest BCUT2D eigenvalue weighted by Crippen LogP contribution is -1.98. The monoisotopic (exact) mass is 281 g/mol. The molecule has 0 amide bonds. The molecule has 0 atom stereocenters. The molecule has 0 aliphatic rings. The number of benzene rings is 2. The normalized spacial score (nSPS) is 10.3. The molecule has 0 spiro atoms. The van der Waals surface area contributed by atoms with E-state index in [0.29, 0.717) is 17.2 Å². The van der Waals surface area contributed by atoms with Gasteiger partial charge in [0.15, 0.2) is 0 Å². The summed E-state index contributed by atoms with van der Waals surface area (Å²) in [4.78, 5) is 0. The van der Waals surface area contributed by atoms with Crippen LogP contribution in [0, 0.1) is 5.82 Å². The quantitative estimate of drug-likeness (QED) is 0.870. The van der Waals surface area contributed by atoms with E-state index in [4.69, 9.17) is 26.8 Å². The van der Waals surface area contributed by atoms with Crippen LogP contribution >= 0.6 is 11.6 Å². The highest BCUT2D eigenvalue weighted by Gasteiger charge is 2.05. The number of methoxy groups -OCH3 is 1. The second-order valence-corrected chi connectivity index (χ2v) is 4.39. The predicted octanol–water partition coefficient (Wildman–Crippen LogP) is 3.65. The SMILES string of the molecule is COc1cc(N)cc(COc2ccc(F)cc2Cl)c1. The van der Waals surface area contributed by atoms with Crippen molar-refractivity contribution in [2.45, 2.75) is 6.61 Å². The Morgan fingerprint density at radius 2 is 2.00 bits per heavy atom. The zero-order valence-corrected chi connectivity index (χ0v) is 11.1. The largest absolute Gasteiger partial charge is 0.497 e. The van der Waals surface area contributed by atoms with Crippen molar-refractivity contribution >= 4 is 17.3 Å². The maximum atomic E-state index is 12.9. The molecule has 0 saturated carbocycles. The highest BCUT2D eigenvalue weighted by Crippen LogP contribution is 2.26. The Labute approximate surface area is 115 Å². The smallest absolute Gasteiger partial charge is 0.138 e. The summed E-state index contributed by atoms with van der Waals surface area (Å²) < 4.78 is 23.5. The van der Waals surface area contributed by atoms with Crippen molar-refractivity contribution in [1.29, 1.82) is 0 Å². The van der Waals surface area contributed by atoms with Crippen LogP contribution < -0.4 is 15.2 Å². The van der Waals surface area contributed by atoms with Gasteiger partial charge in [-0.1, -0.05) is 11.6 Å². The Balaban J connectivity index is 2.12. The molecule has 2 rings (SSSR count). The third-order valence-corrected chi connectivity index (χ3v) is 2.81. The van der Waals surface area contributed by atoms with E-state index in [0.717, 1.165) is 5.56 Å². The highest BCUT2D eigenvalue weighted by molar-refractivity contribution is 6.32. The predicted molar refractivity (Wildman–Crippen MR) is 73.1 cm³/mol. The van der Waals surface area contributed by atoms with Crippen LogP contribution in [0.1, 0.15) is 5.56 Å². The zero-order chi connectivity index (χ0) is 13.8. The minimum absolute atomic E-state index is 0.232. The van der Waals surface area contributed by atoms with Crippen LogP contribution in [0.4, 0.5) is 10.1 Å². The van der Waals surface area contributed by atoms with Gasteiger partial charge in [0.1, 0.15) is 23.9 Å². The molecule has 0 aliphatic carbocycles. The molecular formula is C14H13ClFNO2. The third-order valence-electron chi connectivity index (χ3n) is 2.51. The van der Waals surface area contributed by atoms with Crippen LogP contribution in [-0.2, 0) is 6.61 Å². The van der Waals surface area contributed by atoms with Gasteiger partial charge in [-0.15, -0.1) is 0 Å². The number of halogens is 2. The second kappa shape index (κ2) is 5.80. The van der Waals surface area contributed by atoms with E-state index >= 15 is 0 Å². The van der Waals surface area contributed by atoms with Crippen molar-refractivity contribution in [2.24, 2.45) is 0 Å². The number of rotatable bonds is 4. The molecular weight excluding hydrogens is 269 g/mol. The summed E-state index contributed by atoms with van der Waals surface area (Å²) in [5.41, 5.74) is 7.17. The maximum absolute atomic E-state index is 12.9. The van der Waals surface area contributed by atoms with Crippen molar-refractivity contribution < 1.29 is 13.9 Å². The minimum Gasteiger partial charge on any atom is -0.497 e. The summed E-state index contributed by atoms with van der Waals surface area (Å²) in [6.45, 7) is 0.271. The molecule has 2 aromatic carbocycles. The fourth-order valence-electron chi connectivity index (χ4n) is 1.64. The summed E-state index contributed by atoms with van der Waals surface area (Å²) in [5, 5.41) is 0.232. The first-order chi connectivity index (χ1) is 9.08. The topological polar surface area (TPSA) is 44.5 Å². The zero-order valence-electron chi connectivity index (χ0n) is 10.3. The van der Waals surface area contributed by atoms with E-state index in [-0.39, 0.29) is 11.6 Å². The second-order valence-electron chi connectivity index (χ2n) is 3.98. The van der Waals surface area contributed by atoms with Gasteiger partial charge in [0.05, 0.1) is 12.1 Å². The average Bonchev–Trinajstić information content (AvgIpc) is 2.37. The molecule has 2 N–H and O–H groups in total. The third kappa shape index (κ3) is 3.51. The summed E-state index contributed by atoms with van der Waals surface area (Å²) in [5.74, 6) is 0.677. The molecule has 0 radical (unpaired) electrons. The van der Waals surface area contributed by atoms with Gasteiger partial charge in [-0.3, -0.25) is 0 Å². The fourth-order valence-corrected chi connectivity index (χ4v) is 1.86. The van der Waals surface area contributed by atoms with Gasteiger partial charge >= 0.3 is 0 Å². The minimum atomic E-state index is -0.400. The van der Waals surface area contributed by atoms with Gasteiger partial charge in [-0.05, 0) is 35.9 Å². The summed E-state index contributed by atoms with van der Waals surface area (Å²) in [6.07, 6.45) is 0. The van der Waals surface area contributed by atoms with Crippen molar-refractivity contribution in [3.05, 3.63) is 52.8 Å². The highest BCUT2D eigenvalue weighted by atomic mass is 35.5. The number of nitrogen functional groups attached to an aromatic ring is 1. The van der Waals surface area contributed by atoms with E-state index in [1.807, 2.05) is 6.07 Å². The van der Waals surface area contributed by atoms with Crippen LogP contribution in [0.15, 0.2) is 36.4 Å². The lowest BCUT2D eigenvalue weighted by molar-refractivity contribution is 0.305. The van der Waals surface area contributed by atoms with Gasteiger partial charge in [-0.2, -0.15) is 0 Å². The van der Waals surface area contributed by atoms with Crippen LogP contribution in [0.2, 0.25) is 5.02 Å². The Bertz CT molecular complexity index is 590. The number of hydrogen-bond acceptors (Lipinski definition) is 3. The van der Waals surface area contributed by atoms with Gasteiger partial charge in [0, 0.05) is 11.8 Å². The summed E-state index contributed by atoms with van der Waals surface area (Å²) in [7, 11) is 1.57. The number of anilines is 1. The van der Waals surface area contributed by atoms with E-state index in [9.17, 15) is 4.39 Å². The Morgan fingerprint density at radius 1 is 1.21 bits per heavy atom. The van der Waals surface area contributed by atoms with Crippen molar-refractivity contribution in [3.8, 4) is 11.5 Å². The molecule has 100 valence electrons. The van der Waals surface area contributed by atoms with Gasteiger partial charge < -0.3 is 15.2 Å². The molecule has 3 nitrogen and oxygen atoms in total. The number of hydrogen-bond donors (Lipinski definition) is 1. The first kappa shape index (κ1) is 13.5. The van der Waals surface area contributed by atoms with Gasteiger partial charge in [-0.25, -0.2) is 4.39 Å². The van der Waals surface area contributed by atoms with Gasteiger partial charge in [0.2, 0.25) is 0 Å². The maximum Gasteiger partial charge on any atom is 0.138 e. The van der Waals surface area contributed by atoms with Crippen molar-refractivity contribution in [3.63, 3.8) is 0 Å². The lowest BCUT2D eigenvalue weighted by Gasteiger charge is -2.10. The first-order valence-corrected chi connectivity index (χ1v) is 5.97.